The predicted molar refractivity (Wildman–Crippen MR) is 90.2 cm³/mol. The number of rotatable bonds is 6. The topological polar surface area (TPSA) is 75.7 Å². The van der Waals surface area contributed by atoms with Crippen molar-refractivity contribution in [2.75, 3.05) is 29.5 Å². The fourth-order valence-electron chi connectivity index (χ4n) is 2.05. The minimum absolute atomic E-state index is 0.253. The molecule has 24 heavy (non-hydrogen) atoms. The van der Waals surface area contributed by atoms with Gasteiger partial charge in [-0.2, -0.15) is 0 Å². The summed E-state index contributed by atoms with van der Waals surface area (Å²) < 4.78 is 43.1. The lowest BCUT2D eigenvalue weighted by molar-refractivity contribution is -0.114. The molecule has 0 spiro atoms. The van der Waals surface area contributed by atoms with Crippen molar-refractivity contribution in [3.05, 3.63) is 54.3 Å². The lowest BCUT2D eigenvalue weighted by Crippen LogP contribution is -2.37. The normalized spacial score (nSPS) is 11.0. The molecule has 0 unspecified atom stereocenters. The number of nitrogens with one attached hydrogen (secondary N) is 1. The quantitative estimate of drug-likeness (QED) is 0.865. The Morgan fingerprint density at radius 3 is 2.42 bits per heavy atom. The van der Waals surface area contributed by atoms with Crippen LogP contribution in [0.25, 0.3) is 0 Å². The standard InChI is InChI=1S/C16H17FN2O4S/c1-23-15-8-6-14(7-9-15)19(24(2,21)22)11-16(20)18-13-5-3-4-12(17)10-13/h3-10H,11H2,1-2H3,(H,18,20). The molecule has 0 aromatic heterocycles. The van der Waals surface area contributed by atoms with Gasteiger partial charge in [0.15, 0.2) is 0 Å². The number of hydrogen-bond donors (Lipinski definition) is 1. The third kappa shape index (κ3) is 4.69. The second-order valence-corrected chi connectivity index (χ2v) is 6.93. The van der Waals surface area contributed by atoms with Gasteiger partial charge in [-0.1, -0.05) is 6.07 Å². The van der Waals surface area contributed by atoms with Crippen LogP contribution in [0.5, 0.6) is 5.75 Å². The highest BCUT2D eigenvalue weighted by Crippen LogP contribution is 2.21. The van der Waals surface area contributed by atoms with Gasteiger partial charge in [-0.05, 0) is 42.5 Å². The smallest absolute Gasteiger partial charge is 0.245 e. The van der Waals surface area contributed by atoms with E-state index in [1.807, 2.05) is 0 Å². The number of carbonyl (C=O) groups excluding carboxylic acids is 1. The fraction of sp³-hybridized carbons (Fsp3) is 0.188. The van der Waals surface area contributed by atoms with Gasteiger partial charge in [0.25, 0.3) is 0 Å². The Balaban J connectivity index is 2.18. The predicted octanol–water partition coefficient (Wildman–Crippen LogP) is 2.24. The van der Waals surface area contributed by atoms with E-state index in [9.17, 15) is 17.6 Å². The summed E-state index contributed by atoms with van der Waals surface area (Å²) in [5.74, 6) is -0.513. The van der Waals surface area contributed by atoms with Crippen molar-refractivity contribution in [2.24, 2.45) is 0 Å². The van der Waals surface area contributed by atoms with Crippen molar-refractivity contribution < 1.29 is 22.3 Å². The number of methoxy groups -OCH3 is 1. The first kappa shape index (κ1) is 17.7. The first-order valence-electron chi connectivity index (χ1n) is 6.97. The molecule has 1 amide bonds. The molecule has 6 nitrogen and oxygen atoms in total. The van der Waals surface area contributed by atoms with E-state index in [1.54, 1.807) is 12.1 Å². The van der Waals surface area contributed by atoms with Gasteiger partial charge in [0, 0.05) is 5.69 Å². The van der Waals surface area contributed by atoms with Gasteiger partial charge in [0.2, 0.25) is 15.9 Å². The number of halogens is 1. The van der Waals surface area contributed by atoms with Crippen LogP contribution in [-0.4, -0.2) is 34.2 Å². The van der Waals surface area contributed by atoms with Gasteiger partial charge < -0.3 is 10.1 Å². The average Bonchev–Trinajstić information content (AvgIpc) is 2.52. The molecule has 0 aliphatic heterocycles. The molecule has 2 aromatic carbocycles. The first-order valence-corrected chi connectivity index (χ1v) is 8.81. The molecule has 0 saturated heterocycles. The summed E-state index contributed by atoms with van der Waals surface area (Å²) in [4.78, 5) is 12.1. The minimum Gasteiger partial charge on any atom is -0.497 e. The van der Waals surface area contributed by atoms with Gasteiger partial charge in [-0.3, -0.25) is 9.10 Å². The highest BCUT2D eigenvalue weighted by molar-refractivity contribution is 7.92. The van der Waals surface area contributed by atoms with Crippen LogP contribution in [0, 0.1) is 5.82 Å². The van der Waals surface area contributed by atoms with Crippen molar-refractivity contribution in [2.45, 2.75) is 0 Å². The van der Waals surface area contributed by atoms with E-state index in [-0.39, 0.29) is 5.69 Å². The van der Waals surface area contributed by atoms with Crippen LogP contribution in [0.3, 0.4) is 0 Å². The zero-order chi connectivity index (χ0) is 17.7. The molecule has 0 heterocycles. The Kier molecular flexibility index (Phi) is 5.40. The minimum atomic E-state index is -3.68. The van der Waals surface area contributed by atoms with Crippen LogP contribution in [0.1, 0.15) is 0 Å². The Hall–Kier alpha value is -2.61. The summed E-state index contributed by atoms with van der Waals surface area (Å²) >= 11 is 0. The summed E-state index contributed by atoms with van der Waals surface area (Å²) in [7, 11) is -2.18. The van der Waals surface area contributed by atoms with E-state index in [2.05, 4.69) is 5.32 Å². The lowest BCUT2D eigenvalue weighted by Gasteiger charge is -2.22. The average molecular weight is 352 g/mol. The third-order valence-corrected chi connectivity index (χ3v) is 4.30. The molecule has 1 N–H and O–H groups in total. The second kappa shape index (κ2) is 7.31. The molecule has 0 saturated carbocycles. The van der Waals surface area contributed by atoms with Gasteiger partial charge in [-0.15, -0.1) is 0 Å². The third-order valence-electron chi connectivity index (χ3n) is 3.16. The maximum Gasteiger partial charge on any atom is 0.245 e. The number of nitrogens with zero attached hydrogens (tertiary/aromatic N) is 1. The lowest BCUT2D eigenvalue weighted by atomic mass is 10.3. The van der Waals surface area contributed by atoms with Gasteiger partial charge in [-0.25, -0.2) is 12.8 Å². The van der Waals surface area contributed by atoms with Crippen molar-refractivity contribution in [1.29, 1.82) is 0 Å². The van der Waals surface area contributed by atoms with Crippen molar-refractivity contribution in [3.63, 3.8) is 0 Å². The molecule has 2 aromatic rings. The molecule has 0 bridgehead atoms. The van der Waals surface area contributed by atoms with E-state index in [4.69, 9.17) is 4.74 Å². The summed E-state index contributed by atoms with van der Waals surface area (Å²) in [6.45, 7) is -0.429. The number of carbonyl (C=O) groups is 1. The zero-order valence-electron chi connectivity index (χ0n) is 13.2. The molecule has 0 radical (unpaired) electrons. The molecule has 0 atom stereocenters. The molecule has 0 aliphatic rings. The van der Waals surface area contributed by atoms with Crippen LogP contribution in [0.2, 0.25) is 0 Å². The summed E-state index contributed by atoms with van der Waals surface area (Å²) in [5.41, 5.74) is 0.580. The van der Waals surface area contributed by atoms with E-state index in [1.165, 1.54) is 37.4 Å². The maximum absolute atomic E-state index is 13.1. The SMILES string of the molecule is COc1ccc(N(CC(=O)Nc2cccc(F)c2)S(C)(=O)=O)cc1. The van der Waals surface area contributed by atoms with Crippen LogP contribution in [0.4, 0.5) is 15.8 Å². The van der Waals surface area contributed by atoms with E-state index in [0.717, 1.165) is 16.6 Å². The summed E-state index contributed by atoms with van der Waals surface area (Å²) in [5, 5.41) is 2.47. The monoisotopic (exact) mass is 352 g/mol. The Labute approximate surface area is 139 Å². The van der Waals surface area contributed by atoms with E-state index < -0.39 is 28.3 Å². The fourth-order valence-corrected chi connectivity index (χ4v) is 2.90. The van der Waals surface area contributed by atoms with E-state index >= 15 is 0 Å². The molecule has 2 rings (SSSR count). The molecule has 8 heteroatoms. The van der Waals surface area contributed by atoms with Crippen LogP contribution < -0.4 is 14.4 Å². The highest BCUT2D eigenvalue weighted by atomic mass is 32.2. The zero-order valence-corrected chi connectivity index (χ0v) is 14.0. The molecular formula is C16H17FN2O4S. The van der Waals surface area contributed by atoms with E-state index in [0.29, 0.717) is 11.4 Å². The number of benzene rings is 2. The van der Waals surface area contributed by atoms with Crippen LogP contribution in [-0.2, 0) is 14.8 Å². The molecular weight excluding hydrogens is 335 g/mol. The van der Waals surface area contributed by atoms with Gasteiger partial charge in [0.1, 0.15) is 18.1 Å². The van der Waals surface area contributed by atoms with Gasteiger partial charge >= 0.3 is 0 Å². The van der Waals surface area contributed by atoms with Crippen LogP contribution in [0.15, 0.2) is 48.5 Å². The number of ether oxygens (including phenoxy) is 1. The largest absolute Gasteiger partial charge is 0.497 e. The van der Waals surface area contributed by atoms with Crippen molar-refractivity contribution >= 4 is 27.3 Å². The number of amides is 1. The first-order chi connectivity index (χ1) is 11.3. The van der Waals surface area contributed by atoms with Gasteiger partial charge in [0.05, 0.1) is 19.1 Å². The maximum atomic E-state index is 13.1. The summed E-state index contributed by atoms with van der Waals surface area (Å²) in [6, 6.07) is 11.6. The number of hydrogen-bond acceptors (Lipinski definition) is 4. The highest BCUT2D eigenvalue weighted by Gasteiger charge is 2.21. The molecule has 0 fully saturated rings. The van der Waals surface area contributed by atoms with Crippen molar-refractivity contribution in [3.8, 4) is 5.75 Å². The number of sulfonamides is 1. The summed E-state index contributed by atoms with van der Waals surface area (Å²) in [6.07, 6.45) is 1.01. The van der Waals surface area contributed by atoms with Crippen molar-refractivity contribution in [1.82, 2.24) is 0 Å². The Morgan fingerprint density at radius 2 is 1.88 bits per heavy atom. The van der Waals surface area contributed by atoms with Crippen LogP contribution >= 0.6 is 0 Å². The Bertz CT molecular complexity index is 822. The number of anilines is 2. The molecule has 0 aliphatic carbocycles. The Morgan fingerprint density at radius 1 is 1.21 bits per heavy atom. The second-order valence-electron chi connectivity index (χ2n) is 5.03. The molecule has 128 valence electrons.